The van der Waals surface area contributed by atoms with E-state index in [-0.39, 0.29) is 0 Å². The lowest BCUT2D eigenvalue weighted by Gasteiger charge is -2.56. The van der Waals surface area contributed by atoms with Crippen molar-refractivity contribution in [2.45, 2.75) is 129 Å². The van der Waals surface area contributed by atoms with Crippen molar-refractivity contribution in [1.82, 2.24) is 0 Å². The second kappa shape index (κ2) is 12.2. The van der Waals surface area contributed by atoms with E-state index in [1.54, 1.807) is 57.3 Å². The van der Waals surface area contributed by atoms with Gasteiger partial charge in [0, 0.05) is 0 Å². The molecule has 0 aliphatic heterocycles. The van der Waals surface area contributed by atoms with Gasteiger partial charge in [-0.3, -0.25) is 0 Å². The van der Waals surface area contributed by atoms with E-state index in [4.69, 9.17) is 0 Å². The van der Waals surface area contributed by atoms with Crippen LogP contribution in [0.1, 0.15) is 123 Å². The summed E-state index contributed by atoms with van der Waals surface area (Å²) < 4.78 is 0. The van der Waals surface area contributed by atoms with Crippen LogP contribution in [0.3, 0.4) is 0 Å². The molecule has 4 rings (SSSR count). The summed E-state index contributed by atoms with van der Waals surface area (Å²) in [5, 5.41) is 0. The molecule has 0 nitrogen and oxygen atoms in total. The molecule has 0 aromatic rings. The zero-order chi connectivity index (χ0) is 18.9. The molecule has 4 bridgehead atoms. The Kier molecular flexibility index (Phi) is 10.00. The third-order valence-corrected chi connectivity index (χ3v) is 11.7. The minimum Gasteiger partial charge on any atom is -0.103 e. The van der Waals surface area contributed by atoms with Crippen molar-refractivity contribution in [3.05, 3.63) is 0 Å². The molecule has 158 valence electrons. The van der Waals surface area contributed by atoms with Gasteiger partial charge in [-0.15, -0.1) is 7.92 Å². The van der Waals surface area contributed by atoms with E-state index in [1.807, 2.05) is 0 Å². The maximum Gasteiger partial charge on any atom is -0.0152 e. The summed E-state index contributed by atoms with van der Waals surface area (Å²) in [5.74, 6) is 4.66. The van der Waals surface area contributed by atoms with Gasteiger partial charge < -0.3 is 0 Å². The van der Waals surface area contributed by atoms with Gasteiger partial charge in [-0.2, -0.15) is 0 Å². The number of hydrogen-bond acceptors (Lipinski definition) is 0. The molecule has 0 N–H and O–H groups in total. The Hall–Kier alpha value is 0.430. The van der Waals surface area contributed by atoms with Crippen LogP contribution in [0, 0.1) is 23.7 Å². The van der Waals surface area contributed by atoms with Crippen LogP contribution in [0.2, 0.25) is 0 Å². The van der Waals surface area contributed by atoms with E-state index in [2.05, 4.69) is 13.8 Å². The smallest absolute Gasteiger partial charge is 0.0152 e. The van der Waals surface area contributed by atoms with Crippen molar-refractivity contribution in [2.75, 3.05) is 12.3 Å². The molecule has 0 unspecified atom stereocenters. The Morgan fingerprint density at radius 1 is 0.519 bits per heavy atom. The van der Waals surface area contributed by atoms with Crippen molar-refractivity contribution in [3.63, 3.8) is 0 Å². The molecule has 0 radical (unpaired) electrons. The van der Waals surface area contributed by atoms with E-state index in [0.717, 1.165) is 11.8 Å². The highest BCUT2D eigenvalue weighted by molar-refractivity contribution is 7.58. The second-order valence-electron chi connectivity index (χ2n) is 10.5. The Morgan fingerprint density at radius 2 is 0.926 bits per heavy atom. The van der Waals surface area contributed by atoms with Crippen molar-refractivity contribution >= 4 is 7.92 Å². The minimum atomic E-state index is 0.340. The molecule has 4 fully saturated rings. The van der Waals surface area contributed by atoms with Crippen LogP contribution < -0.4 is 0 Å². The summed E-state index contributed by atoms with van der Waals surface area (Å²) in [6, 6.07) is 0. The molecule has 1 heteroatoms. The maximum atomic E-state index is 2.34. The summed E-state index contributed by atoms with van der Waals surface area (Å²) in [6.07, 6.45) is 29.4. The third-order valence-electron chi connectivity index (χ3n) is 8.20. The quantitative estimate of drug-likeness (QED) is 0.193. The lowest BCUT2D eigenvalue weighted by Crippen LogP contribution is -2.47. The molecule has 4 aliphatic rings. The van der Waals surface area contributed by atoms with Gasteiger partial charge >= 0.3 is 0 Å². The summed E-state index contributed by atoms with van der Waals surface area (Å²) in [5.41, 5.74) is 1.21. The summed E-state index contributed by atoms with van der Waals surface area (Å²) >= 11 is 0. The Morgan fingerprint density at radius 3 is 1.37 bits per heavy atom. The first kappa shape index (κ1) is 22.1. The topological polar surface area (TPSA) is 0 Å². The highest BCUT2D eigenvalue weighted by Crippen LogP contribution is 2.63. The fourth-order valence-corrected chi connectivity index (χ4v) is 10.9. The zero-order valence-electron chi connectivity index (χ0n) is 18.8. The fourth-order valence-electron chi connectivity index (χ4n) is 7.09. The minimum absolute atomic E-state index is 0.340. The van der Waals surface area contributed by atoms with E-state index >= 15 is 0 Å². The van der Waals surface area contributed by atoms with Crippen LogP contribution in [0.5, 0.6) is 0 Å². The predicted molar refractivity (Wildman–Crippen MR) is 124 cm³/mol. The van der Waals surface area contributed by atoms with E-state index in [9.17, 15) is 0 Å². The molecule has 0 heterocycles. The van der Waals surface area contributed by atoms with Gasteiger partial charge in [0.2, 0.25) is 0 Å². The van der Waals surface area contributed by atoms with Gasteiger partial charge in [0.15, 0.2) is 0 Å². The van der Waals surface area contributed by atoms with Crippen LogP contribution in [-0.2, 0) is 0 Å². The van der Waals surface area contributed by atoms with Gasteiger partial charge in [-0.25, -0.2) is 0 Å². The van der Waals surface area contributed by atoms with Gasteiger partial charge in [0.05, 0.1) is 0 Å². The molecule has 4 aliphatic carbocycles. The molecular weight excluding hydrogens is 343 g/mol. The molecule has 0 saturated heterocycles. The third kappa shape index (κ3) is 6.73. The summed E-state index contributed by atoms with van der Waals surface area (Å²) in [6.45, 7) is 4.68. The van der Waals surface area contributed by atoms with Gasteiger partial charge in [-0.1, -0.05) is 78.1 Å². The van der Waals surface area contributed by atoms with E-state index in [0.29, 0.717) is 7.92 Å². The van der Waals surface area contributed by atoms with Crippen LogP contribution in [0.4, 0.5) is 0 Å². The highest BCUT2D eigenvalue weighted by Gasteiger charge is 2.49. The van der Waals surface area contributed by atoms with E-state index < -0.39 is 0 Å². The number of hydrogen-bond donors (Lipinski definition) is 0. The van der Waals surface area contributed by atoms with E-state index in [1.165, 1.54) is 81.7 Å². The molecule has 0 atom stereocenters. The first-order valence-electron chi connectivity index (χ1n) is 13.1. The SMILES string of the molecule is CCCCCCCCP(CCCCCCCC)C1C2CC3CC(C2)CC1C3. The second-order valence-corrected chi connectivity index (χ2v) is 13.2. The van der Waals surface area contributed by atoms with Crippen LogP contribution in [0.25, 0.3) is 0 Å². The number of unbranched alkanes of at least 4 members (excludes halogenated alkanes) is 10. The van der Waals surface area contributed by atoms with Crippen molar-refractivity contribution in [2.24, 2.45) is 23.7 Å². The standard InChI is InChI=1S/C26H49P/c1-3-5-7-9-11-13-15-27(16-14-12-10-8-6-4-2)26-24-18-22-17-23(20-24)21-25(26)19-22/h22-26H,3-21H2,1-2H3. The molecule has 27 heavy (non-hydrogen) atoms. The van der Waals surface area contributed by atoms with Gasteiger partial charge in [-0.05, 0) is 86.6 Å². The highest BCUT2D eigenvalue weighted by atomic mass is 31.1. The molecule has 0 amide bonds. The Bertz CT molecular complexity index is 346. The monoisotopic (exact) mass is 392 g/mol. The molecule has 0 aromatic carbocycles. The predicted octanol–water partition coefficient (Wildman–Crippen LogP) is 9.01. The lowest BCUT2D eigenvalue weighted by atomic mass is 9.56. The molecular formula is C26H49P. The summed E-state index contributed by atoms with van der Waals surface area (Å²) in [4.78, 5) is 0. The largest absolute Gasteiger partial charge is 0.103 e. The molecule has 0 aromatic heterocycles. The Labute approximate surface area is 172 Å². The van der Waals surface area contributed by atoms with Crippen LogP contribution in [-0.4, -0.2) is 18.0 Å². The van der Waals surface area contributed by atoms with Crippen molar-refractivity contribution in [1.29, 1.82) is 0 Å². The van der Waals surface area contributed by atoms with Crippen molar-refractivity contribution < 1.29 is 0 Å². The van der Waals surface area contributed by atoms with Gasteiger partial charge in [0.25, 0.3) is 0 Å². The van der Waals surface area contributed by atoms with Crippen LogP contribution >= 0.6 is 7.92 Å². The molecule has 4 saturated carbocycles. The zero-order valence-corrected chi connectivity index (χ0v) is 19.7. The molecule has 0 spiro atoms. The lowest BCUT2D eigenvalue weighted by molar-refractivity contribution is 0.0247. The van der Waals surface area contributed by atoms with Gasteiger partial charge in [0.1, 0.15) is 0 Å². The Balaban J connectivity index is 1.45. The normalized spacial score (nSPS) is 31.9. The maximum absolute atomic E-state index is 2.34. The first-order chi connectivity index (χ1) is 13.3. The number of rotatable bonds is 15. The first-order valence-corrected chi connectivity index (χ1v) is 14.8. The summed E-state index contributed by atoms with van der Waals surface area (Å²) in [7, 11) is 0.340. The fraction of sp³-hybridized carbons (Fsp3) is 1.00. The van der Waals surface area contributed by atoms with Crippen LogP contribution in [0.15, 0.2) is 0 Å². The average Bonchev–Trinajstić information content (AvgIpc) is 2.65. The average molecular weight is 393 g/mol. The van der Waals surface area contributed by atoms with Crippen molar-refractivity contribution in [3.8, 4) is 0 Å².